The third-order valence-corrected chi connectivity index (χ3v) is 2.71. The molecule has 0 saturated carbocycles. The molecule has 0 spiro atoms. The molecule has 1 atom stereocenters. The van der Waals surface area contributed by atoms with Gasteiger partial charge in [-0.2, -0.15) is 0 Å². The summed E-state index contributed by atoms with van der Waals surface area (Å²) in [5.74, 6) is 0.599. The molecule has 0 amide bonds. The highest BCUT2D eigenvalue weighted by molar-refractivity contribution is 5.45. The SMILES string of the molecule is C/C=C(\C)[C@@H](Nc1ccccc1)C(C)C. The molecule has 0 heterocycles. The summed E-state index contributed by atoms with van der Waals surface area (Å²) in [6.07, 6.45) is 2.18. The van der Waals surface area contributed by atoms with Gasteiger partial charge in [-0.05, 0) is 31.9 Å². The van der Waals surface area contributed by atoms with Gasteiger partial charge in [-0.1, -0.05) is 43.7 Å². The van der Waals surface area contributed by atoms with Crippen molar-refractivity contribution in [2.24, 2.45) is 5.92 Å². The second-order valence-corrected chi connectivity index (χ2v) is 4.26. The first-order chi connectivity index (χ1) is 7.15. The molecule has 1 aromatic carbocycles. The number of benzene rings is 1. The van der Waals surface area contributed by atoms with Crippen LogP contribution in [-0.2, 0) is 0 Å². The fraction of sp³-hybridized carbons (Fsp3) is 0.429. The Morgan fingerprint density at radius 1 is 1.20 bits per heavy atom. The van der Waals surface area contributed by atoms with Crippen LogP contribution in [0.4, 0.5) is 5.69 Å². The van der Waals surface area contributed by atoms with E-state index in [-0.39, 0.29) is 0 Å². The Labute approximate surface area is 93.2 Å². The molecule has 0 aliphatic carbocycles. The van der Waals surface area contributed by atoms with Crippen molar-refractivity contribution in [3.63, 3.8) is 0 Å². The predicted octanol–water partition coefficient (Wildman–Crippen LogP) is 4.09. The van der Waals surface area contributed by atoms with E-state index in [1.54, 1.807) is 0 Å². The monoisotopic (exact) mass is 203 g/mol. The van der Waals surface area contributed by atoms with Crippen LogP contribution in [0.15, 0.2) is 42.0 Å². The van der Waals surface area contributed by atoms with E-state index < -0.39 is 0 Å². The smallest absolute Gasteiger partial charge is 0.0493 e. The Balaban J connectivity index is 2.76. The van der Waals surface area contributed by atoms with Gasteiger partial charge in [0.15, 0.2) is 0 Å². The molecule has 82 valence electrons. The van der Waals surface area contributed by atoms with E-state index >= 15 is 0 Å². The minimum atomic E-state index is 0.428. The minimum Gasteiger partial charge on any atom is -0.378 e. The maximum Gasteiger partial charge on any atom is 0.0493 e. The number of hydrogen-bond donors (Lipinski definition) is 1. The first kappa shape index (κ1) is 11.8. The average Bonchev–Trinajstić information content (AvgIpc) is 2.26. The van der Waals surface area contributed by atoms with Crippen LogP contribution < -0.4 is 5.32 Å². The van der Waals surface area contributed by atoms with E-state index in [0.29, 0.717) is 12.0 Å². The van der Waals surface area contributed by atoms with E-state index in [9.17, 15) is 0 Å². The third-order valence-electron chi connectivity index (χ3n) is 2.71. The molecule has 0 saturated heterocycles. The van der Waals surface area contributed by atoms with E-state index in [2.05, 4.69) is 63.4 Å². The highest BCUT2D eigenvalue weighted by atomic mass is 14.9. The molecular weight excluding hydrogens is 182 g/mol. The molecule has 1 nitrogen and oxygen atoms in total. The summed E-state index contributed by atoms with van der Waals surface area (Å²) in [5, 5.41) is 3.56. The van der Waals surface area contributed by atoms with Crippen LogP contribution in [0.2, 0.25) is 0 Å². The van der Waals surface area contributed by atoms with E-state index in [0.717, 1.165) is 0 Å². The highest BCUT2D eigenvalue weighted by Gasteiger charge is 2.13. The highest BCUT2D eigenvalue weighted by Crippen LogP contribution is 2.18. The molecule has 1 aromatic rings. The Kier molecular flexibility index (Phi) is 4.41. The van der Waals surface area contributed by atoms with Crippen molar-refractivity contribution in [3.8, 4) is 0 Å². The molecule has 0 aliphatic rings. The number of rotatable bonds is 4. The van der Waals surface area contributed by atoms with Crippen molar-refractivity contribution < 1.29 is 0 Å². The van der Waals surface area contributed by atoms with Gasteiger partial charge in [0.25, 0.3) is 0 Å². The van der Waals surface area contributed by atoms with Crippen molar-refractivity contribution >= 4 is 5.69 Å². The first-order valence-electron chi connectivity index (χ1n) is 5.59. The van der Waals surface area contributed by atoms with Gasteiger partial charge in [-0.25, -0.2) is 0 Å². The topological polar surface area (TPSA) is 12.0 Å². The molecule has 0 bridgehead atoms. The van der Waals surface area contributed by atoms with Crippen molar-refractivity contribution in [3.05, 3.63) is 42.0 Å². The van der Waals surface area contributed by atoms with Gasteiger partial charge < -0.3 is 5.32 Å². The molecule has 1 N–H and O–H groups in total. The molecule has 0 aromatic heterocycles. The minimum absolute atomic E-state index is 0.428. The van der Waals surface area contributed by atoms with Gasteiger partial charge in [-0.15, -0.1) is 0 Å². The second kappa shape index (κ2) is 5.59. The molecule has 1 rings (SSSR count). The van der Waals surface area contributed by atoms with Crippen molar-refractivity contribution in [2.75, 3.05) is 5.32 Å². The van der Waals surface area contributed by atoms with Gasteiger partial charge >= 0.3 is 0 Å². The number of hydrogen-bond acceptors (Lipinski definition) is 1. The van der Waals surface area contributed by atoms with Crippen molar-refractivity contribution in [2.45, 2.75) is 33.7 Å². The van der Waals surface area contributed by atoms with E-state index in [4.69, 9.17) is 0 Å². The van der Waals surface area contributed by atoms with Gasteiger partial charge in [-0.3, -0.25) is 0 Å². The van der Waals surface area contributed by atoms with E-state index in [1.807, 2.05) is 6.07 Å². The van der Waals surface area contributed by atoms with Crippen LogP contribution in [0.3, 0.4) is 0 Å². The Hall–Kier alpha value is -1.24. The number of allylic oxidation sites excluding steroid dienone is 1. The van der Waals surface area contributed by atoms with Gasteiger partial charge in [0.2, 0.25) is 0 Å². The Morgan fingerprint density at radius 3 is 2.27 bits per heavy atom. The van der Waals surface area contributed by atoms with Gasteiger partial charge in [0, 0.05) is 11.7 Å². The summed E-state index contributed by atoms with van der Waals surface area (Å²) in [7, 11) is 0. The summed E-state index contributed by atoms with van der Waals surface area (Å²) < 4.78 is 0. The normalized spacial score (nSPS) is 14.1. The standard InChI is InChI=1S/C14H21N/c1-5-12(4)14(11(2)3)15-13-9-7-6-8-10-13/h5-11,14-15H,1-4H3/b12-5+/t14-/m0/s1. The second-order valence-electron chi connectivity index (χ2n) is 4.26. The lowest BCUT2D eigenvalue weighted by molar-refractivity contribution is 0.578. The lowest BCUT2D eigenvalue weighted by atomic mass is 9.96. The number of para-hydroxylation sites is 1. The van der Waals surface area contributed by atoms with Gasteiger partial charge in [0.05, 0.1) is 0 Å². The van der Waals surface area contributed by atoms with Crippen LogP contribution in [0.5, 0.6) is 0 Å². The molecule has 0 fully saturated rings. The lowest BCUT2D eigenvalue weighted by Crippen LogP contribution is -2.26. The fourth-order valence-corrected chi connectivity index (χ4v) is 1.70. The summed E-state index contributed by atoms with van der Waals surface area (Å²) in [6.45, 7) is 8.76. The lowest BCUT2D eigenvalue weighted by Gasteiger charge is -2.24. The van der Waals surface area contributed by atoms with Crippen LogP contribution in [0, 0.1) is 5.92 Å². The molecular formula is C14H21N. The molecule has 0 unspecified atom stereocenters. The Bertz CT molecular complexity index is 311. The number of nitrogens with one attached hydrogen (secondary N) is 1. The average molecular weight is 203 g/mol. The third kappa shape index (κ3) is 3.43. The summed E-state index contributed by atoms with van der Waals surface area (Å²) >= 11 is 0. The summed E-state index contributed by atoms with van der Waals surface area (Å²) in [5.41, 5.74) is 2.59. The van der Waals surface area contributed by atoms with Crippen LogP contribution in [0.1, 0.15) is 27.7 Å². The van der Waals surface area contributed by atoms with Crippen LogP contribution >= 0.6 is 0 Å². The Morgan fingerprint density at radius 2 is 1.80 bits per heavy atom. The summed E-state index contributed by atoms with van der Waals surface area (Å²) in [6, 6.07) is 10.8. The summed E-state index contributed by atoms with van der Waals surface area (Å²) in [4.78, 5) is 0. The fourth-order valence-electron chi connectivity index (χ4n) is 1.70. The molecule has 1 heteroatoms. The number of anilines is 1. The van der Waals surface area contributed by atoms with Crippen molar-refractivity contribution in [1.82, 2.24) is 0 Å². The maximum atomic E-state index is 3.56. The van der Waals surface area contributed by atoms with Crippen molar-refractivity contribution in [1.29, 1.82) is 0 Å². The quantitative estimate of drug-likeness (QED) is 0.727. The van der Waals surface area contributed by atoms with Gasteiger partial charge in [0.1, 0.15) is 0 Å². The van der Waals surface area contributed by atoms with Crippen LogP contribution in [0.25, 0.3) is 0 Å². The largest absolute Gasteiger partial charge is 0.378 e. The zero-order valence-electron chi connectivity index (χ0n) is 10.1. The zero-order valence-corrected chi connectivity index (χ0v) is 10.1. The predicted molar refractivity (Wildman–Crippen MR) is 68.1 cm³/mol. The molecule has 0 radical (unpaired) electrons. The zero-order chi connectivity index (χ0) is 11.3. The molecule has 15 heavy (non-hydrogen) atoms. The molecule has 0 aliphatic heterocycles. The first-order valence-corrected chi connectivity index (χ1v) is 5.59. The van der Waals surface area contributed by atoms with E-state index in [1.165, 1.54) is 11.3 Å². The van der Waals surface area contributed by atoms with Crippen LogP contribution in [-0.4, -0.2) is 6.04 Å². The maximum absolute atomic E-state index is 3.56.